The molecule has 2 heterocycles. The van der Waals surface area contributed by atoms with E-state index in [-0.39, 0.29) is 0 Å². The largest absolute Gasteiger partial charge is 0.486 e. The fourth-order valence-corrected chi connectivity index (χ4v) is 3.11. The minimum Gasteiger partial charge on any atom is -0.486 e. The summed E-state index contributed by atoms with van der Waals surface area (Å²) in [5.74, 6) is 1.80. The summed E-state index contributed by atoms with van der Waals surface area (Å²) in [5.41, 5.74) is 1.61. The van der Waals surface area contributed by atoms with Crippen LogP contribution < -0.4 is 14.8 Å². The molecule has 1 aromatic rings. The molecule has 1 aromatic carbocycles. The highest BCUT2D eigenvalue weighted by molar-refractivity contribution is 5.47. The van der Waals surface area contributed by atoms with Gasteiger partial charge in [-0.3, -0.25) is 0 Å². The number of fused-ring (bicyclic) bond motifs is 1. The molecule has 0 bridgehead atoms. The van der Waals surface area contributed by atoms with Crippen molar-refractivity contribution in [3.8, 4) is 11.5 Å². The lowest BCUT2D eigenvalue weighted by atomic mass is 9.80. The summed E-state index contributed by atoms with van der Waals surface area (Å²) in [6, 6.07) is 6.15. The molecule has 0 aromatic heterocycles. The molecule has 116 valence electrons. The average Bonchev–Trinajstić information content (AvgIpc) is 2.51. The maximum Gasteiger partial charge on any atom is 0.165 e. The fraction of sp³-hybridized carbons (Fsp3) is 0.647. The van der Waals surface area contributed by atoms with E-state index in [2.05, 4.69) is 30.3 Å². The van der Waals surface area contributed by atoms with Crippen LogP contribution in [0.15, 0.2) is 18.2 Å². The molecule has 4 heteroatoms. The molecule has 0 spiro atoms. The lowest BCUT2D eigenvalue weighted by molar-refractivity contribution is 0.136. The molecule has 0 aliphatic carbocycles. The standard InChI is InChI=1S/C17H26N2O2/c1-17(6-8-19(2)9-7-17)13-18-12-14-4-3-5-15-16(14)21-11-10-20-15/h3-5,18H,6-13H2,1-2H3. The quantitative estimate of drug-likeness (QED) is 0.922. The van der Waals surface area contributed by atoms with Gasteiger partial charge in [-0.2, -0.15) is 0 Å². The first kappa shape index (κ1) is 14.7. The van der Waals surface area contributed by atoms with E-state index < -0.39 is 0 Å². The van der Waals surface area contributed by atoms with Crippen LogP contribution in [0.25, 0.3) is 0 Å². The summed E-state index contributed by atoms with van der Waals surface area (Å²) in [7, 11) is 2.21. The van der Waals surface area contributed by atoms with E-state index in [1.165, 1.54) is 31.5 Å². The Morgan fingerprint density at radius 1 is 1.19 bits per heavy atom. The van der Waals surface area contributed by atoms with Gasteiger partial charge in [-0.1, -0.05) is 19.1 Å². The number of hydrogen-bond acceptors (Lipinski definition) is 4. The van der Waals surface area contributed by atoms with Crippen molar-refractivity contribution in [2.75, 3.05) is 39.9 Å². The van der Waals surface area contributed by atoms with Gasteiger partial charge in [0, 0.05) is 18.7 Å². The lowest BCUT2D eigenvalue weighted by Crippen LogP contribution is -2.41. The number of benzene rings is 1. The van der Waals surface area contributed by atoms with E-state index in [4.69, 9.17) is 9.47 Å². The molecule has 4 nitrogen and oxygen atoms in total. The van der Waals surface area contributed by atoms with Crippen LogP contribution in [0.5, 0.6) is 11.5 Å². The number of hydrogen-bond donors (Lipinski definition) is 1. The monoisotopic (exact) mass is 290 g/mol. The van der Waals surface area contributed by atoms with E-state index in [9.17, 15) is 0 Å². The number of piperidine rings is 1. The Bertz CT molecular complexity index is 482. The highest BCUT2D eigenvalue weighted by Gasteiger charge is 2.28. The maximum absolute atomic E-state index is 5.76. The predicted molar refractivity (Wildman–Crippen MR) is 84.0 cm³/mol. The van der Waals surface area contributed by atoms with Gasteiger partial charge in [0.1, 0.15) is 13.2 Å². The SMILES string of the molecule is CN1CCC(C)(CNCc2cccc3c2OCCO3)CC1. The zero-order valence-electron chi connectivity index (χ0n) is 13.2. The van der Waals surface area contributed by atoms with Gasteiger partial charge in [-0.25, -0.2) is 0 Å². The van der Waals surface area contributed by atoms with Crippen LogP contribution in [0.4, 0.5) is 0 Å². The Morgan fingerprint density at radius 3 is 2.76 bits per heavy atom. The highest BCUT2D eigenvalue weighted by atomic mass is 16.6. The molecular formula is C17H26N2O2. The molecule has 2 aliphatic heterocycles. The second-order valence-corrected chi connectivity index (χ2v) is 6.66. The Kier molecular flexibility index (Phi) is 4.36. The molecule has 0 radical (unpaired) electrons. The zero-order chi connectivity index (χ0) is 14.7. The lowest BCUT2D eigenvalue weighted by Gasteiger charge is -2.38. The molecule has 0 saturated carbocycles. The molecule has 3 rings (SSSR count). The van der Waals surface area contributed by atoms with Crippen LogP contribution in [0, 0.1) is 5.41 Å². The molecule has 1 saturated heterocycles. The third-order valence-electron chi connectivity index (χ3n) is 4.71. The van der Waals surface area contributed by atoms with Gasteiger partial charge in [-0.05, 0) is 44.5 Å². The van der Waals surface area contributed by atoms with Gasteiger partial charge < -0.3 is 19.7 Å². The Morgan fingerprint density at radius 2 is 1.95 bits per heavy atom. The van der Waals surface area contributed by atoms with Gasteiger partial charge in [0.15, 0.2) is 11.5 Å². The van der Waals surface area contributed by atoms with Gasteiger partial charge in [0.2, 0.25) is 0 Å². The number of rotatable bonds is 4. The van der Waals surface area contributed by atoms with Crippen molar-refractivity contribution >= 4 is 0 Å². The molecule has 21 heavy (non-hydrogen) atoms. The number of nitrogens with one attached hydrogen (secondary N) is 1. The van der Waals surface area contributed by atoms with Gasteiger partial charge in [0.25, 0.3) is 0 Å². The molecule has 1 fully saturated rings. The molecule has 0 unspecified atom stereocenters. The number of para-hydroxylation sites is 1. The summed E-state index contributed by atoms with van der Waals surface area (Å²) >= 11 is 0. The molecular weight excluding hydrogens is 264 g/mol. The van der Waals surface area contributed by atoms with Crippen molar-refractivity contribution in [3.05, 3.63) is 23.8 Å². The van der Waals surface area contributed by atoms with Crippen molar-refractivity contribution in [1.82, 2.24) is 10.2 Å². The molecule has 0 amide bonds. The first-order valence-corrected chi connectivity index (χ1v) is 7.93. The summed E-state index contributed by atoms with van der Waals surface area (Å²) in [6.45, 7) is 8.01. The molecule has 1 N–H and O–H groups in total. The van der Waals surface area contributed by atoms with Crippen LogP contribution in [-0.4, -0.2) is 44.8 Å². The third kappa shape index (κ3) is 3.50. The van der Waals surface area contributed by atoms with Crippen LogP contribution in [-0.2, 0) is 6.54 Å². The second kappa shape index (κ2) is 6.24. The second-order valence-electron chi connectivity index (χ2n) is 6.66. The smallest absolute Gasteiger partial charge is 0.165 e. The van der Waals surface area contributed by atoms with Gasteiger partial charge in [0.05, 0.1) is 0 Å². The van der Waals surface area contributed by atoms with E-state index in [1.54, 1.807) is 0 Å². The van der Waals surface area contributed by atoms with E-state index in [0.29, 0.717) is 18.6 Å². The van der Waals surface area contributed by atoms with Crippen molar-refractivity contribution in [3.63, 3.8) is 0 Å². The van der Waals surface area contributed by atoms with Gasteiger partial charge in [-0.15, -0.1) is 0 Å². The fourth-order valence-electron chi connectivity index (χ4n) is 3.11. The third-order valence-corrected chi connectivity index (χ3v) is 4.71. The molecule has 2 aliphatic rings. The summed E-state index contributed by atoms with van der Waals surface area (Å²) in [4.78, 5) is 2.42. The van der Waals surface area contributed by atoms with Crippen LogP contribution in [0.2, 0.25) is 0 Å². The van der Waals surface area contributed by atoms with Crippen molar-refractivity contribution in [2.45, 2.75) is 26.3 Å². The van der Waals surface area contributed by atoms with Crippen LogP contribution >= 0.6 is 0 Å². The normalized spacial score (nSPS) is 21.2. The van der Waals surface area contributed by atoms with Gasteiger partial charge >= 0.3 is 0 Å². The first-order valence-electron chi connectivity index (χ1n) is 7.93. The predicted octanol–water partition coefficient (Wildman–Crippen LogP) is 2.28. The first-order chi connectivity index (χ1) is 10.2. The number of nitrogens with zero attached hydrogens (tertiary/aromatic N) is 1. The molecule has 0 atom stereocenters. The van der Waals surface area contributed by atoms with Crippen LogP contribution in [0.3, 0.4) is 0 Å². The summed E-state index contributed by atoms with van der Waals surface area (Å²) < 4.78 is 11.4. The minimum atomic E-state index is 0.415. The topological polar surface area (TPSA) is 33.7 Å². The average molecular weight is 290 g/mol. The maximum atomic E-state index is 5.76. The Hall–Kier alpha value is -1.26. The van der Waals surface area contributed by atoms with Crippen molar-refractivity contribution < 1.29 is 9.47 Å². The number of ether oxygens (including phenoxy) is 2. The van der Waals surface area contributed by atoms with E-state index >= 15 is 0 Å². The van der Waals surface area contributed by atoms with Crippen molar-refractivity contribution in [1.29, 1.82) is 0 Å². The summed E-state index contributed by atoms with van der Waals surface area (Å²) in [5, 5.41) is 3.62. The minimum absolute atomic E-state index is 0.415. The van der Waals surface area contributed by atoms with E-state index in [0.717, 1.165) is 24.6 Å². The van der Waals surface area contributed by atoms with Crippen LogP contribution in [0.1, 0.15) is 25.3 Å². The highest BCUT2D eigenvalue weighted by Crippen LogP contribution is 2.34. The zero-order valence-corrected chi connectivity index (χ0v) is 13.2. The Labute approximate surface area is 127 Å². The van der Waals surface area contributed by atoms with Crippen molar-refractivity contribution in [2.24, 2.45) is 5.41 Å². The Balaban J connectivity index is 1.56. The number of likely N-dealkylation sites (tertiary alicyclic amines) is 1. The van der Waals surface area contributed by atoms with E-state index in [1.807, 2.05) is 12.1 Å². The summed E-state index contributed by atoms with van der Waals surface area (Å²) in [6.07, 6.45) is 2.53.